The minimum absolute atomic E-state index is 0.156. The van der Waals surface area contributed by atoms with Gasteiger partial charge in [0.25, 0.3) is 0 Å². The van der Waals surface area contributed by atoms with Gasteiger partial charge in [0.05, 0.1) is 9.75 Å². The maximum absolute atomic E-state index is 10.2. The molecule has 20 heavy (non-hydrogen) atoms. The smallest absolute Gasteiger partial charge is 0.168 e. The summed E-state index contributed by atoms with van der Waals surface area (Å²) in [6.45, 7) is 0. The van der Waals surface area contributed by atoms with E-state index in [1.807, 2.05) is 0 Å². The van der Waals surface area contributed by atoms with Crippen molar-refractivity contribution in [2.75, 3.05) is 0 Å². The summed E-state index contributed by atoms with van der Waals surface area (Å²) in [6, 6.07) is 2.59. The zero-order chi connectivity index (χ0) is 14.9. The second-order valence-electron chi connectivity index (χ2n) is 5.52. The van der Waals surface area contributed by atoms with Gasteiger partial charge in [-0.05, 0) is 18.6 Å². The highest BCUT2D eigenvalue weighted by Gasteiger charge is 3.01. The van der Waals surface area contributed by atoms with Crippen LogP contribution >= 0.6 is 69.6 Å². The lowest BCUT2D eigenvalue weighted by atomic mass is 9.88. The molecule has 1 aromatic rings. The first kappa shape index (κ1) is 14.2. The zero-order valence-electron chi connectivity index (χ0n) is 9.52. The van der Waals surface area contributed by atoms with E-state index in [-0.39, 0.29) is 29.0 Å². The standard InChI is InChI=1S/C12H6Cl6O2/c13-8-3-9(8,14)11(16)7-5(20)2-1-4(19)6(7)10(8,15)12(11,17)18/h1-2,19-20H,3H2. The van der Waals surface area contributed by atoms with Gasteiger partial charge in [0.2, 0.25) is 0 Å². The molecule has 0 radical (unpaired) electrons. The van der Waals surface area contributed by atoms with Crippen LogP contribution < -0.4 is 0 Å². The molecule has 108 valence electrons. The predicted octanol–water partition coefficient (Wildman–Crippen LogP) is 4.53. The molecule has 2 saturated carbocycles. The molecule has 0 saturated heterocycles. The minimum Gasteiger partial charge on any atom is -0.508 e. The van der Waals surface area contributed by atoms with E-state index in [0.717, 1.165) is 0 Å². The molecule has 2 fully saturated rings. The zero-order valence-corrected chi connectivity index (χ0v) is 14.1. The third-order valence-corrected chi connectivity index (χ3v) is 9.68. The molecule has 0 aromatic heterocycles. The second kappa shape index (κ2) is 3.25. The highest BCUT2D eigenvalue weighted by Crippen LogP contribution is 2.93. The number of phenols is 2. The molecule has 4 rings (SSSR count). The molecule has 0 spiro atoms. The van der Waals surface area contributed by atoms with Crippen LogP contribution in [0.2, 0.25) is 0 Å². The van der Waals surface area contributed by atoms with Gasteiger partial charge >= 0.3 is 0 Å². The molecule has 0 amide bonds. The van der Waals surface area contributed by atoms with Crippen molar-refractivity contribution in [2.24, 2.45) is 0 Å². The van der Waals surface area contributed by atoms with Crippen LogP contribution in [-0.4, -0.2) is 24.3 Å². The van der Waals surface area contributed by atoms with Crippen molar-refractivity contribution in [1.82, 2.24) is 0 Å². The van der Waals surface area contributed by atoms with Crippen molar-refractivity contribution >= 4 is 69.6 Å². The molecule has 2 N–H and O–H groups in total. The predicted molar refractivity (Wildman–Crippen MR) is 81.1 cm³/mol. The van der Waals surface area contributed by atoms with Crippen LogP contribution in [0.1, 0.15) is 17.5 Å². The lowest BCUT2D eigenvalue weighted by Gasteiger charge is -2.35. The van der Waals surface area contributed by atoms with E-state index in [4.69, 9.17) is 69.6 Å². The van der Waals surface area contributed by atoms with E-state index >= 15 is 0 Å². The Kier molecular flexibility index (Phi) is 2.30. The fourth-order valence-corrected chi connectivity index (χ4v) is 7.51. The van der Waals surface area contributed by atoms with Crippen molar-refractivity contribution in [2.45, 2.75) is 30.3 Å². The van der Waals surface area contributed by atoms with Crippen LogP contribution in [0.15, 0.2) is 12.1 Å². The number of halogens is 6. The summed E-state index contributed by atoms with van der Waals surface area (Å²) >= 11 is 39.3. The maximum atomic E-state index is 10.2. The average molecular weight is 395 g/mol. The third-order valence-electron chi connectivity index (χ3n) is 4.80. The van der Waals surface area contributed by atoms with Gasteiger partial charge < -0.3 is 10.2 Å². The third kappa shape index (κ3) is 0.927. The number of hydrogen-bond donors (Lipinski definition) is 2. The first-order chi connectivity index (χ1) is 9.01. The summed E-state index contributed by atoms with van der Waals surface area (Å²) in [7, 11) is 0. The first-order valence-corrected chi connectivity index (χ1v) is 7.97. The number of fused-ring (bicyclic) bond motifs is 8. The fraction of sp³-hybridized carbons (Fsp3) is 0.500. The second-order valence-corrected chi connectivity index (χ2v) is 9.28. The fourth-order valence-electron chi connectivity index (χ4n) is 3.80. The maximum Gasteiger partial charge on any atom is 0.168 e. The van der Waals surface area contributed by atoms with Crippen molar-refractivity contribution in [3.05, 3.63) is 23.3 Å². The van der Waals surface area contributed by atoms with Gasteiger partial charge in [0, 0.05) is 11.1 Å². The van der Waals surface area contributed by atoms with E-state index in [1.165, 1.54) is 12.1 Å². The number of rotatable bonds is 0. The van der Waals surface area contributed by atoms with E-state index in [2.05, 4.69) is 0 Å². The topological polar surface area (TPSA) is 40.5 Å². The Morgan fingerprint density at radius 1 is 0.750 bits per heavy atom. The summed E-state index contributed by atoms with van der Waals surface area (Å²) in [5.41, 5.74) is 0.311. The van der Waals surface area contributed by atoms with Crippen molar-refractivity contribution < 1.29 is 10.2 Å². The van der Waals surface area contributed by atoms with E-state index in [0.29, 0.717) is 0 Å². The number of benzene rings is 1. The van der Waals surface area contributed by atoms with Crippen molar-refractivity contribution in [3.8, 4) is 11.5 Å². The van der Waals surface area contributed by atoms with Gasteiger partial charge in [0.1, 0.15) is 21.2 Å². The van der Waals surface area contributed by atoms with Gasteiger partial charge in [0.15, 0.2) is 4.33 Å². The van der Waals surface area contributed by atoms with Gasteiger partial charge in [-0.1, -0.05) is 23.2 Å². The van der Waals surface area contributed by atoms with Gasteiger partial charge in [-0.2, -0.15) is 0 Å². The van der Waals surface area contributed by atoms with Crippen molar-refractivity contribution in [3.63, 3.8) is 0 Å². The lowest BCUT2D eigenvalue weighted by molar-refractivity contribution is 0.437. The summed E-state index contributed by atoms with van der Waals surface area (Å²) in [6.07, 6.45) is 0.269. The van der Waals surface area contributed by atoms with Crippen LogP contribution in [0.4, 0.5) is 0 Å². The number of phenolic OH excluding ortho intramolecular Hbond substituents is 2. The molecule has 3 aliphatic rings. The van der Waals surface area contributed by atoms with Crippen LogP contribution in [-0.2, 0) is 9.75 Å². The molecule has 4 atom stereocenters. The van der Waals surface area contributed by atoms with E-state index in [9.17, 15) is 10.2 Å². The molecule has 2 nitrogen and oxygen atoms in total. The molecule has 4 unspecified atom stereocenters. The molecule has 2 bridgehead atoms. The minimum atomic E-state index is -1.77. The molecule has 0 heterocycles. The largest absolute Gasteiger partial charge is 0.508 e. The van der Waals surface area contributed by atoms with Crippen LogP contribution in [0.3, 0.4) is 0 Å². The number of aromatic hydroxyl groups is 2. The van der Waals surface area contributed by atoms with Crippen LogP contribution in [0.5, 0.6) is 11.5 Å². The summed E-state index contributed by atoms with van der Waals surface area (Å²) in [5, 5.41) is 20.3. The Morgan fingerprint density at radius 2 is 1.10 bits per heavy atom. The highest BCUT2D eigenvalue weighted by atomic mass is 35.5. The van der Waals surface area contributed by atoms with E-state index < -0.39 is 23.8 Å². The molecular formula is C12H6Cl6O2. The first-order valence-electron chi connectivity index (χ1n) is 5.70. The summed E-state index contributed by atoms with van der Waals surface area (Å²) in [4.78, 5) is -5.56. The van der Waals surface area contributed by atoms with Crippen LogP contribution in [0, 0.1) is 0 Å². The molecular weight excluding hydrogens is 389 g/mol. The lowest BCUT2D eigenvalue weighted by Crippen LogP contribution is -2.45. The SMILES string of the molecule is Oc1ccc(O)c2c1C1(Cl)C(Cl)(Cl)C2(Cl)C2(Cl)CC21Cl. The van der Waals surface area contributed by atoms with Crippen LogP contribution in [0.25, 0.3) is 0 Å². The highest BCUT2D eigenvalue weighted by molar-refractivity contribution is 6.65. The Bertz CT molecular complexity index is 638. The summed E-state index contributed by atoms with van der Waals surface area (Å²) in [5.74, 6) is -0.349. The quantitative estimate of drug-likeness (QED) is 0.501. The normalized spacial score (nSPS) is 49.9. The Labute approximate surface area is 144 Å². The average Bonchev–Trinajstić information content (AvgIpc) is 2.88. The Hall–Kier alpha value is 0.560. The van der Waals surface area contributed by atoms with E-state index in [1.54, 1.807) is 0 Å². The number of alkyl halides is 6. The van der Waals surface area contributed by atoms with Gasteiger partial charge in [-0.25, -0.2) is 0 Å². The number of hydrogen-bond acceptors (Lipinski definition) is 2. The molecule has 8 heteroatoms. The monoisotopic (exact) mass is 392 g/mol. The summed E-state index contributed by atoms with van der Waals surface area (Å²) < 4.78 is -1.77. The Balaban J connectivity index is 2.23. The molecule has 0 aliphatic heterocycles. The van der Waals surface area contributed by atoms with Gasteiger partial charge in [-0.15, -0.1) is 46.4 Å². The Morgan fingerprint density at radius 3 is 1.45 bits per heavy atom. The van der Waals surface area contributed by atoms with Crippen molar-refractivity contribution in [1.29, 1.82) is 0 Å². The molecule has 3 aliphatic carbocycles. The van der Waals surface area contributed by atoms with Gasteiger partial charge in [-0.3, -0.25) is 0 Å². The molecule has 1 aromatic carbocycles.